The van der Waals surface area contributed by atoms with Gasteiger partial charge in [-0.3, -0.25) is 4.57 Å². The second kappa shape index (κ2) is 5.13. The number of imidazole rings is 1. The van der Waals surface area contributed by atoms with Crippen molar-refractivity contribution in [2.75, 3.05) is 19.5 Å². The van der Waals surface area contributed by atoms with Crippen LogP contribution in [0, 0.1) is 0 Å². The summed E-state index contributed by atoms with van der Waals surface area (Å²) in [5.74, 6) is 0.214. The maximum absolute atomic E-state index is 9.95. The van der Waals surface area contributed by atoms with Crippen molar-refractivity contribution in [1.29, 1.82) is 0 Å². The zero-order valence-electron chi connectivity index (χ0n) is 10.7. The second-order valence-electron chi connectivity index (χ2n) is 4.59. The highest BCUT2D eigenvalue weighted by atomic mass is 35.5. The molecular formula is C11H14ClN5O3. The van der Waals surface area contributed by atoms with E-state index in [1.807, 2.05) is 0 Å². The van der Waals surface area contributed by atoms with Gasteiger partial charge in [-0.25, -0.2) is 4.98 Å². The van der Waals surface area contributed by atoms with Gasteiger partial charge in [-0.1, -0.05) is 0 Å². The number of anilines is 1. The number of hydrogen-bond acceptors (Lipinski definition) is 7. The van der Waals surface area contributed by atoms with Crippen LogP contribution in [-0.4, -0.2) is 50.6 Å². The average Bonchev–Trinajstić information content (AvgIpc) is 2.94. The van der Waals surface area contributed by atoms with Crippen LogP contribution in [0.15, 0.2) is 6.33 Å². The summed E-state index contributed by atoms with van der Waals surface area (Å²) in [5.41, 5.74) is 6.69. The molecule has 1 saturated heterocycles. The van der Waals surface area contributed by atoms with Gasteiger partial charge in [-0.2, -0.15) is 9.97 Å². The first-order chi connectivity index (χ1) is 9.60. The molecule has 1 aliphatic heterocycles. The fourth-order valence-corrected chi connectivity index (χ4v) is 2.49. The number of aliphatic hydroxyl groups excluding tert-OH is 1. The predicted molar refractivity (Wildman–Crippen MR) is 71.2 cm³/mol. The van der Waals surface area contributed by atoms with E-state index in [0.29, 0.717) is 24.2 Å². The third-order valence-corrected chi connectivity index (χ3v) is 3.44. The highest BCUT2D eigenvalue weighted by molar-refractivity contribution is 6.28. The first-order valence-electron chi connectivity index (χ1n) is 6.08. The highest BCUT2D eigenvalue weighted by Gasteiger charge is 2.35. The number of nitrogen functional groups attached to an aromatic ring is 1. The van der Waals surface area contributed by atoms with Crippen LogP contribution in [0.25, 0.3) is 11.2 Å². The molecule has 3 N–H and O–H groups in total. The van der Waals surface area contributed by atoms with E-state index in [0.717, 1.165) is 0 Å². The minimum Gasteiger partial charge on any atom is -0.390 e. The molecule has 108 valence electrons. The van der Waals surface area contributed by atoms with E-state index < -0.39 is 6.10 Å². The Hall–Kier alpha value is -1.48. The molecule has 3 unspecified atom stereocenters. The molecule has 3 rings (SSSR count). The molecule has 0 bridgehead atoms. The van der Waals surface area contributed by atoms with E-state index in [9.17, 15) is 5.11 Å². The summed E-state index contributed by atoms with van der Waals surface area (Å²) in [5, 5.41) is 9.99. The fourth-order valence-electron chi connectivity index (χ4n) is 2.32. The van der Waals surface area contributed by atoms with Crippen LogP contribution in [0.4, 0.5) is 5.82 Å². The Morgan fingerprint density at radius 3 is 3.15 bits per heavy atom. The molecule has 20 heavy (non-hydrogen) atoms. The minimum atomic E-state index is -0.605. The third kappa shape index (κ3) is 2.20. The lowest BCUT2D eigenvalue weighted by molar-refractivity contribution is -0.0523. The summed E-state index contributed by atoms with van der Waals surface area (Å²) in [6, 6.07) is 0. The van der Waals surface area contributed by atoms with Crippen molar-refractivity contribution in [3.63, 3.8) is 0 Å². The van der Waals surface area contributed by atoms with Crippen LogP contribution in [0.5, 0.6) is 0 Å². The standard InChI is InChI=1S/C11H14ClN5O3/c1-19-3-6-5(18)2-7(20-6)17-4-14-8-9(13)15-11(12)16-10(8)17/h4-7,18H,2-3H2,1H3,(H2,13,15,16). The zero-order chi connectivity index (χ0) is 14.3. The molecular weight excluding hydrogens is 286 g/mol. The van der Waals surface area contributed by atoms with Crippen molar-refractivity contribution < 1.29 is 14.6 Å². The summed E-state index contributed by atoms with van der Waals surface area (Å²) in [6.07, 6.45) is 0.601. The Balaban J connectivity index is 1.95. The van der Waals surface area contributed by atoms with E-state index in [1.165, 1.54) is 0 Å². The number of rotatable bonds is 3. The van der Waals surface area contributed by atoms with Crippen molar-refractivity contribution in [2.45, 2.75) is 24.9 Å². The first kappa shape index (κ1) is 13.5. The first-order valence-corrected chi connectivity index (χ1v) is 6.46. The third-order valence-electron chi connectivity index (χ3n) is 3.27. The van der Waals surface area contributed by atoms with Crippen molar-refractivity contribution in [3.05, 3.63) is 11.6 Å². The Kier molecular flexibility index (Phi) is 3.47. The van der Waals surface area contributed by atoms with Gasteiger partial charge >= 0.3 is 0 Å². The molecule has 0 saturated carbocycles. The predicted octanol–water partition coefficient (Wildman–Crippen LogP) is 0.357. The van der Waals surface area contributed by atoms with Crippen LogP contribution < -0.4 is 5.73 Å². The van der Waals surface area contributed by atoms with Gasteiger partial charge in [0.2, 0.25) is 5.28 Å². The molecule has 8 nitrogen and oxygen atoms in total. The normalized spacial score (nSPS) is 26.4. The van der Waals surface area contributed by atoms with Crippen LogP contribution in [0.1, 0.15) is 12.6 Å². The number of halogens is 1. The summed E-state index contributed by atoms with van der Waals surface area (Å²) >= 11 is 5.81. The van der Waals surface area contributed by atoms with Crippen molar-refractivity contribution in [1.82, 2.24) is 19.5 Å². The van der Waals surface area contributed by atoms with Crippen LogP contribution in [-0.2, 0) is 9.47 Å². The van der Waals surface area contributed by atoms with Crippen LogP contribution in [0.2, 0.25) is 5.28 Å². The number of aromatic nitrogens is 4. The summed E-state index contributed by atoms with van der Waals surface area (Å²) in [6.45, 7) is 0.322. The topological polar surface area (TPSA) is 108 Å². The molecule has 2 aromatic rings. The van der Waals surface area contributed by atoms with E-state index in [4.69, 9.17) is 26.8 Å². The van der Waals surface area contributed by atoms with Crippen LogP contribution >= 0.6 is 11.6 Å². The summed E-state index contributed by atoms with van der Waals surface area (Å²) < 4.78 is 12.5. The van der Waals surface area contributed by atoms with Gasteiger partial charge in [0.15, 0.2) is 11.5 Å². The zero-order valence-corrected chi connectivity index (χ0v) is 11.5. The number of hydrogen-bond donors (Lipinski definition) is 2. The largest absolute Gasteiger partial charge is 0.390 e. The maximum atomic E-state index is 9.95. The lowest BCUT2D eigenvalue weighted by Gasteiger charge is -2.14. The van der Waals surface area contributed by atoms with Crippen LogP contribution in [0.3, 0.4) is 0 Å². The van der Waals surface area contributed by atoms with Gasteiger partial charge in [0, 0.05) is 13.5 Å². The molecule has 3 heterocycles. The average molecular weight is 300 g/mol. The van der Waals surface area contributed by atoms with Gasteiger partial charge < -0.3 is 20.3 Å². The lowest BCUT2D eigenvalue weighted by atomic mass is 10.2. The van der Waals surface area contributed by atoms with Crippen molar-refractivity contribution >= 4 is 28.6 Å². The Bertz CT molecular complexity index is 634. The molecule has 9 heteroatoms. The van der Waals surface area contributed by atoms with Crippen molar-refractivity contribution in [2.24, 2.45) is 0 Å². The molecule has 3 atom stereocenters. The maximum Gasteiger partial charge on any atom is 0.226 e. The number of aliphatic hydroxyl groups is 1. The van der Waals surface area contributed by atoms with E-state index in [1.54, 1.807) is 18.0 Å². The number of ether oxygens (including phenoxy) is 2. The monoisotopic (exact) mass is 299 g/mol. The van der Waals surface area contributed by atoms with Crippen molar-refractivity contribution in [3.8, 4) is 0 Å². The smallest absolute Gasteiger partial charge is 0.226 e. The molecule has 2 aromatic heterocycles. The molecule has 0 radical (unpaired) electrons. The van der Waals surface area contributed by atoms with Gasteiger partial charge in [-0.05, 0) is 11.6 Å². The SMILES string of the molecule is COCC1OC(n2cnc3c(N)nc(Cl)nc32)CC1O. The number of methoxy groups -OCH3 is 1. The summed E-state index contributed by atoms with van der Waals surface area (Å²) in [4.78, 5) is 12.1. The molecule has 0 aromatic carbocycles. The molecule has 0 spiro atoms. The molecule has 0 aliphatic carbocycles. The minimum absolute atomic E-state index is 0.0451. The second-order valence-corrected chi connectivity index (χ2v) is 4.93. The fraction of sp³-hybridized carbons (Fsp3) is 0.545. The Labute approximate surface area is 119 Å². The summed E-state index contributed by atoms with van der Waals surface area (Å²) in [7, 11) is 1.56. The lowest BCUT2D eigenvalue weighted by Crippen LogP contribution is -2.25. The van der Waals surface area contributed by atoms with Gasteiger partial charge in [0.1, 0.15) is 17.8 Å². The van der Waals surface area contributed by atoms with Gasteiger partial charge in [-0.15, -0.1) is 0 Å². The Morgan fingerprint density at radius 1 is 1.60 bits per heavy atom. The quantitative estimate of drug-likeness (QED) is 0.787. The number of nitrogens with two attached hydrogens (primary N) is 1. The number of fused-ring (bicyclic) bond motifs is 1. The molecule has 1 fully saturated rings. The van der Waals surface area contributed by atoms with Gasteiger partial charge in [0.05, 0.1) is 19.0 Å². The van der Waals surface area contributed by atoms with E-state index in [-0.39, 0.29) is 23.4 Å². The van der Waals surface area contributed by atoms with E-state index in [2.05, 4.69) is 15.0 Å². The number of nitrogens with zero attached hydrogens (tertiary/aromatic N) is 4. The van der Waals surface area contributed by atoms with Gasteiger partial charge in [0.25, 0.3) is 0 Å². The van der Waals surface area contributed by atoms with E-state index >= 15 is 0 Å². The highest BCUT2D eigenvalue weighted by Crippen LogP contribution is 2.31. The molecule has 1 aliphatic rings. The molecule has 0 amide bonds. The Morgan fingerprint density at radius 2 is 2.40 bits per heavy atom.